The first-order valence-corrected chi connectivity index (χ1v) is 7.33. The van der Waals surface area contributed by atoms with Crippen molar-refractivity contribution in [2.75, 3.05) is 0 Å². The Kier molecular flexibility index (Phi) is 3.72. The third-order valence-corrected chi connectivity index (χ3v) is 4.34. The molecule has 3 rings (SSSR count). The van der Waals surface area contributed by atoms with Crippen molar-refractivity contribution in [3.05, 3.63) is 70.5 Å². The van der Waals surface area contributed by atoms with Gasteiger partial charge in [0.25, 0.3) is 5.56 Å². The summed E-state index contributed by atoms with van der Waals surface area (Å²) >= 11 is 1.74. The van der Waals surface area contributed by atoms with Gasteiger partial charge in [0.2, 0.25) is 0 Å². The first-order chi connectivity index (χ1) is 10.4. The molecular weight excluding hydrogens is 406 g/mol. The third kappa shape index (κ3) is 2.51. The van der Waals surface area contributed by atoms with E-state index in [0.29, 0.717) is 10.8 Å². The largest absolute Gasteiger partial charge is 0.417 e. The van der Waals surface area contributed by atoms with E-state index >= 15 is 0 Å². The van der Waals surface area contributed by atoms with Gasteiger partial charge in [-0.2, -0.15) is 13.2 Å². The maximum absolute atomic E-state index is 13.2. The number of aromatic nitrogens is 1. The van der Waals surface area contributed by atoms with Crippen molar-refractivity contribution >= 4 is 33.6 Å². The van der Waals surface area contributed by atoms with Crippen LogP contribution < -0.4 is 5.56 Å². The zero-order chi connectivity index (χ0) is 15.9. The van der Waals surface area contributed by atoms with Crippen molar-refractivity contribution in [1.29, 1.82) is 0 Å². The minimum absolute atomic E-state index is 0.00717. The van der Waals surface area contributed by atoms with Crippen LogP contribution in [0.3, 0.4) is 0 Å². The van der Waals surface area contributed by atoms with E-state index in [0.717, 1.165) is 6.07 Å². The Bertz CT molecular complexity index is 915. The Morgan fingerprint density at radius 3 is 2.32 bits per heavy atom. The van der Waals surface area contributed by atoms with E-state index in [1.807, 2.05) is 0 Å². The maximum atomic E-state index is 13.2. The van der Waals surface area contributed by atoms with Gasteiger partial charge in [-0.1, -0.05) is 36.4 Å². The van der Waals surface area contributed by atoms with E-state index in [4.69, 9.17) is 0 Å². The van der Waals surface area contributed by atoms with Crippen LogP contribution in [0, 0.1) is 0 Å². The lowest BCUT2D eigenvalue weighted by atomic mass is 10.0. The minimum Gasteiger partial charge on any atom is -0.268 e. The van der Waals surface area contributed by atoms with E-state index in [2.05, 4.69) is 0 Å². The lowest BCUT2D eigenvalue weighted by Crippen LogP contribution is -2.16. The van der Waals surface area contributed by atoms with Crippen molar-refractivity contribution in [2.24, 2.45) is 0 Å². The highest BCUT2D eigenvalue weighted by molar-refractivity contribution is 14.1. The van der Waals surface area contributed by atoms with Gasteiger partial charge in [-0.25, -0.2) is 2.78 Å². The molecule has 3 aromatic rings. The molecule has 0 bridgehead atoms. The second kappa shape index (κ2) is 5.42. The molecule has 22 heavy (non-hydrogen) atoms. The monoisotopic (exact) mass is 415 g/mol. The fraction of sp³-hybridized carbons (Fsp3) is 0.0625. The van der Waals surface area contributed by atoms with Gasteiger partial charge in [-0.05, 0) is 23.6 Å². The summed E-state index contributed by atoms with van der Waals surface area (Å²) in [6.07, 6.45) is -4.48. The molecule has 0 amide bonds. The number of hydrogen-bond acceptors (Lipinski definition) is 1. The van der Waals surface area contributed by atoms with Crippen molar-refractivity contribution in [2.45, 2.75) is 6.18 Å². The average Bonchev–Trinajstić information content (AvgIpc) is 2.50. The quantitative estimate of drug-likeness (QED) is 0.520. The number of halogens is 4. The van der Waals surface area contributed by atoms with Gasteiger partial charge in [0.05, 0.1) is 34.1 Å². The smallest absolute Gasteiger partial charge is 0.268 e. The van der Waals surface area contributed by atoms with Gasteiger partial charge >= 0.3 is 6.18 Å². The van der Waals surface area contributed by atoms with Crippen LogP contribution in [0.15, 0.2) is 59.4 Å². The van der Waals surface area contributed by atoms with Crippen LogP contribution in [-0.2, 0) is 6.18 Å². The standard InChI is InChI=1S/C16H9F3INO/c17-16(18,19)13-8-4-3-7-12(13)14-9-10-5-1-2-6-11(10)15(22)21(14)20/h1-9H. The predicted octanol–water partition coefficient (Wildman–Crippen LogP) is 4.89. The Morgan fingerprint density at radius 1 is 0.955 bits per heavy atom. The predicted molar refractivity (Wildman–Crippen MR) is 88.1 cm³/mol. The molecule has 0 N–H and O–H groups in total. The normalized spacial score (nSPS) is 11.8. The molecule has 0 saturated carbocycles. The summed E-state index contributed by atoms with van der Waals surface area (Å²) < 4.78 is 40.8. The Balaban J connectivity index is 2.37. The Hall–Kier alpha value is -1.83. The summed E-state index contributed by atoms with van der Waals surface area (Å²) in [5.74, 6) is 0. The first kappa shape index (κ1) is 15.1. The molecule has 2 nitrogen and oxygen atoms in total. The van der Waals surface area contributed by atoms with Gasteiger partial charge in [0.15, 0.2) is 0 Å². The zero-order valence-electron chi connectivity index (χ0n) is 11.1. The summed E-state index contributed by atoms with van der Waals surface area (Å²) in [5.41, 5.74) is -0.856. The molecule has 0 aliphatic rings. The number of benzene rings is 2. The minimum atomic E-state index is -4.48. The summed E-state index contributed by atoms with van der Waals surface area (Å²) in [4.78, 5) is 12.4. The molecule has 0 saturated heterocycles. The number of nitrogens with zero attached hydrogens (tertiary/aromatic N) is 1. The molecular formula is C16H9F3INO. The van der Waals surface area contributed by atoms with Gasteiger partial charge in [0, 0.05) is 10.9 Å². The topological polar surface area (TPSA) is 22.0 Å². The van der Waals surface area contributed by atoms with Gasteiger partial charge < -0.3 is 0 Å². The molecule has 0 unspecified atom stereocenters. The number of hydrogen-bond donors (Lipinski definition) is 0. The van der Waals surface area contributed by atoms with E-state index in [1.165, 1.54) is 21.0 Å². The average molecular weight is 415 g/mol. The summed E-state index contributed by atoms with van der Waals surface area (Å²) in [7, 11) is 0. The highest BCUT2D eigenvalue weighted by atomic mass is 127. The van der Waals surface area contributed by atoms with Crippen LogP contribution in [0.1, 0.15) is 5.56 Å². The lowest BCUT2D eigenvalue weighted by Gasteiger charge is -2.15. The summed E-state index contributed by atoms with van der Waals surface area (Å²) in [6.45, 7) is 0. The van der Waals surface area contributed by atoms with E-state index in [1.54, 1.807) is 53.2 Å². The van der Waals surface area contributed by atoms with Gasteiger partial charge in [-0.3, -0.25) is 4.79 Å². The molecule has 112 valence electrons. The molecule has 6 heteroatoms. The van der Waals surface area contributed by atoms with Crippen LogP contribution >= 0.6 is 22.9 Å². The second-order valence-electron chi connectivity index (χ2n) is 4.75. The molecule has 0 atom stereocenters. The fourth-order valence-corrected chi connectivity index (χ4v) is 3.03. The van der Waals surface area contributed by atoms with E-state index in [9.17, 15) is 18.0 Å². The molecule has 0 aliphatic carbocycles. The van der Waals surface area contributed by atoms with E-state index < -0.39 is 11.7 Å². The molecule has 0 radical (unpaired) electrons. The van der Waals surface area contributed by atoms with Crippen molar-refractivity contribution in [3.8, 4) is 11.3 Å². The van der Waals surface area contributed by atoms with Crippen LogP contribution in [-0.4, -0.2) is 2.78 Å². The number of pyridine rings is 1. The number of alkyl halides is 3. The molecule has 0 aliphatic heterocycles. The maximum Gasteiger partial charge on any atom is 0.417 e. The SMILES string of the molecule is O=c1c2ccccc2cc(-c2ccccc2C(F)(F)F)n1I. The molecule has 1 aromatic heterocycles. The zero-order valence-corrected chi connectivity index (χ0v) is 13.2. The molecule has 1 heterocycles. The van der Waals surface area contributed by atoms with E-state index in [-0.39, 0.29) is 16.8 Å². The number of fused-ring (bicyclic) bond motifs is 1. The van der Waals surface area contributed by atoms with Crippen LogP contribution in [0.5, 0.6) is 0 Å². The third-order valence-electron chi connectivity index (χ3n) is 3.38. The highest BCUT2D eigenvalue weighted by Crippen LogP contribution is 2.37. The Labute approximate surface area is 137 Å². The van der Waals surface area contributed by atoms with Crippen LogP contribution in [0.4, 0.5) is 13.2 Å². The summed E-state index contributed by atoms with van der Waals surface area (Å²) in [5, 5.41) is 1.09. The molecule has 0 fully saturated rings. The van der Waals surface area contributed by atoms with Crippen LogP contribution in [0.25, 0.3) is 22.0 Å². The summed E-state index contributed by atoms with van der Waals surface area (Å²) in [6, 6.07) is 13.7. The van der Waals surface area contributed by atoms with Crippen molar-refractivity contribution < 1.29 is 13.2 Å². The highest BCUT2D eigenvalue weighted by Gasteiger charge is 2.34. The first-order valence-electron chi connectivity index (χ1n) is 6.37. The number of rotatable bonds is 1. The molecule has 0 spiro atoms. The van der Waals surface area contributed by atoms with Gasteiger partial charge in [-0.15, -0.1) is 0 Å². The fourth-order valence-electron chi connectivity index (χ4n) is 2.37. The second-order valence-corrected chi connectivity index (χ2v) is 5.71. The lowest BCUT2D eigenvalue weighted by molar-refractivity contribution is -0.137. The van der Waals surface area contributed by atoms with Crippen LogP contribution in [0.2, 0.25) is 0 Å². The Morgan fingerprint density at radius 2 is 1.59 bits per heavy atom. The molecule has 2 aromatic carbocycles. The van der Waals surface area contributed by atoms with Crippen molar-refractivity contribution in [1.82, 2.24) is 2.78 Å². The van der Waals surface area contributed by atoms with Crippen molar-refractivity contribution in [3.63, 3.8) is 0 Å². The van der Waals surface area contributed by atoms with Gasteiger partial charge in [0.1, 0.15) is 0 Å².